The van der Waals surface area contributed by atoms with Crippen LogP contribution >= 0.6 is 0 Å². The van der Waals surface area contributed by atoms with Gasteiger partial charge in [0.15, 0.2) is 0 Å². The third-order valence-corrected chi connectivity index (χ3v) is 4.32. The Bertz CT molecular complexity index is 797. The van der Waals surface area contributed by atoms with Gasteiger partial charge in [-0.1, -0.05) is 17.7 Å². The van der Waals surface area contributed by atoms with Gasteiger partial charge >= 0.3 is 0 Å². The van der Waals surface area contributed by atoms with E-state index < -0.39 is 0 Å². The van der Waals surface area contributed by atoms with E-state index in [-0.39, 0.29) is 6.10 Å². The molecule has 7 nitrogen and oxygen atoms in total. The van der Waals surface area contributed by atoms with Gasteiger partial charge in [0.05, 0.1) is 24.9 Å². The molecule has 1 atom stereocenters. The molecule has 0 amide bonds. The third kappa shape index (κ3) is 3.94. The number of morpholine rings is 1. The lowest BCUT2D eigenvalue weighted by molar-refractivity contribution is -0.0406. The zero-order valence-electron chi connectivity index (χ0n) is 14.2. The van der Waals surface area contributed by atoms with Crippen LogP contribution in [0.25, 0.3) is 11.5 Å². The maximum absolute atomic E-state index is 5.83. The highest BCUT2D eigenvalue weighted by atomic mass is 16.5. The number of rotatable bonds is 5. The summed E-state index contributed by atoms with van der Waals surface area (Å²) < 4.78 is 13.3. The summed E-state index contributed by atoms with van der Waals surface area (Å²) in [6.07, 6.45) is 5.12. The molecule has 2 aromatic heterocycles. The lowest BCUT2D eigenvalue weighted by Gasteiger charge is -2.32. The van der Waals surface area contributed by atoms with Crippen LogP contribution in [-0.2, 0) is 17.8 Å². The van der Waals surface area contributed by atoms with Crippen LogP contribution < -0.4 is 0 Å². The molecule has 1 aliphatic heterocycles. The number of aromatic nitrogens is 4. The lowest BCUT2D eigenvalue weighted by atomic mass is 10.1. The van der Waals surface area contributed by atoms with Crippen molar-refractivity contribution in [1.29, 1.82) is 0 Å². The molecule has 0 N–H and O–H groups in total. The first-order valence-corrected chi connectivity index (χ1v) is 8.44. The SMILES string of the molecule is Cc1ccc(-c2nc(CN3CCO[C@@H](Cn4cncn4)C3)co2)cc1. The lowest BCUT2D eigenvalue weighted by Crippen LogP contribution is -2.43. The zero-order chi connectivity index (χ0) is 17.1. The van der Waals surface area contributed by atoms with Crippen LogP contribution in [0.15, 0.2) is 47.6 Å². The molecule has 1 aliphatic rings. The Balaban J connectivity index is 1.37. The quantitative estimate of drug-likeness (QED) is 0.709. The third-order valence-electron chi connectivity index (χ3n) is 4.32. The summed E-state index contributed by atoms with van der Waals surface area (Å²) >= 11 is 0. The second kappa shape index (κ2) is 7.16. The standard InChI is InChI=1S/C18H21N5O2/c1-14-2-4-15(5-3-14)18-21-16(11-25-18)8-22-6-7-24-17(9-22)10-23-13-19-12-20-23/h2-5,11-13,17H,6-10H2,1H3/t17-/m1/s1. The van der Waals surface area contributed by atoms with E-state index in [1.165, 1.54) is 5.56 Å². The van der Waals surface area contributed by atoms with E-state index in [9.17, 15) is 0 Å². The highest BCUT2D eigenvalue weighted by molar-refractivity contribution is 5.53. The highest BCUT2D eigenvalue weighted by Gasteiger charge is 2.22. The molecule has 130 valence electrons. The Labute approximate surface area is 146 Å². The molecule has 3 heterocycles. The Morgan fingerprint density at radius 2 is 2.12 bits per heavy atom. The fourth-order valence-corrected chi connectivity index (χ4v) is 3.01. The van der Waals surface area contributed by atoms with E-state index >= 15 is 0 Å². The van der Waals surface area contributed by atoms with Crippen molar-refractivity contribution in [2.24, 2.45) is 0 Å². The second-order valence-electron chi connectivity index (χ2n) is 6.36. The van der Waals surface area contributed by atoms with Crippen molar-refractivity contribution in [2.45, 2.75) is 26.1 Å². The largest absolute Gasteiger partial charge is 0.444 e. The molecule has 25 heavy (non-hydrogen) atoms. The number of nitrogens with zero attached hydrogens (tertiary/aromatic N) is 5. The van der Waals surface area contributed by atoms with Gasteiger partial charge < -0.3 is 9.15 Å². The first-order chi connectivity index (χ1) is 12.3. The van der Waals surface area contributed by atoms with Crippen LogP contribution in [0.3, 0.4) is 0 Å². The molecular formula is C18H21N5O2. The minimum atomic E-state index is 0.110. The summed E-state index contributed by atoms with van der Waals surface area (Å²) in [5, 5.41) is 4.14. The molecule has 1 fully saturated rings. The molecule has 0 saturated carbocycles. The van der Waals surface area contributed by atoms with Gasteiger partial charge in [-0.25, -0.2) is 9.97 Å². The Hall–Kier alpha value is -2.51. The molecule has 0 radical (unpaired) electrons. The Morgan fingerprint density at radius 1 is 1.24 bits per heavy atom. The van der Waals surface area contributed by atoms with Crippen molar-refractivity contribution in [3.63, 3.8) is 0 Å². The van der Waals surface area contributed by atoms with Crippen molar-refractivity contribution >= 4 is 0 Å². The molecule has 0 bridgehead atoms. The van der Waals surface area contributed by atoms with Gasteiger partial charge in [-0.3, -0.25) is 9.58 Å². The van der Waals surface area contributed by atoms with Crippen LogP contribution in [0.1, 0.15) is 11.3 Å². The summed E-state index contributed by atoms with van der Waals surface area (Å²) in [6, 6.07) is 8.20. The molecule has 7 heteroatoms. The predicted molar refractivity (Wildman–Crippen MR) is 91.7 cm³/mol. The van der Waals surface area contributed by atoms with Crippen molar-refractivity contribution in [3.05, 3.63) is 54.4 Å². The average molecular weight is 339 g/mol. The molecule has 1 saturated heterocycles. The molecule has 0 spiro atoms. The number of oxazole rings is 1. The zero-order valence-corrected chi connectivity index (χ0v) is 14.2. The topological polar surface area (TPSA) is 69.2 Å². The van der Waals surface area contributed by atoms with Crippen molar-refractivity contribution in [1.82, 2.24) is 24.6 Å². The van der Waals surface area contributed by atoms with Gasteiger partial charge in [0.2, 0.25) is 5.89 Å². The second-order valence-corrected chi connectivity index (χ2v) is 6.36. The molecule has 0 unspecified atom stereocenters. The average Bonchev–Trinajstić information content (AvgIpc) is 3.28. The summed E-state index contributed by atoms with van der Waals surface area (Å²) in [4.78, 5) is 10.9. The summed E-state index contributed by atoms with van der Waals surface area (Å²) in [5.41, 5.74) is 3.17. The molecular weight excluding hydrogens is 318 g/mol. The predicted octanol–water partition coefficient (Wildman–Crippen LogP) is 2.14. The van der Waals surface area contributed by atoms with Gasteiger partial charge in [0, 0.05) is 25.2 Å². The first-order valence-electron chi connectivity index (χ1n) is 8.44. The molecule has 1 aromatic carbocycles. The minimum Gasteiger partial charge on any atom is -0.444 e. The summed E-state index contributed by atoms with van der Waals surface area (Å²) in [6.45, 7) is 5.98. The van der Waals surface area contributed by atoms with Crippen LogP contribution in [0.2, 0.25) is 0 Å². The minimum absolute atomic E-state index is 0.110. The van der Waals surface area contributed by atoms with E-state index in [2.05, 4.69) is 39.0 Å². The highest BCUT2D eigenvalue weighted by Crippen LogP contribution is 2.20. The van der Waals surface area contributed by atoms with Gasteiger partial charge in [0.25, 0.3) is 0 Å². The number of hydrogen-bond donors (Lipinski definition) is 0. The van der Waals surface area contributed by atoms with Crippen molar-refractivity contribution in [3.8, 4) is 11.5 Å². The van der Waals surface area contributed by atoms with Gasteiger partial charge in [-0.15, -0.1) is 0 Å². The Morgan fingerprint density at radius 3 is 2.92 bits per heavy atom. The van der Waals surface area contributed by atoms with Crippen LogP contribution in [-0.4, -0.2) is 50.4 Å². The van der Waals surface area contributed by atoms with Crippen molar-refractivity contribution < 1.29 is 9.15 Å². The number of ether oxygens (including phenoxy) is 1. The fourth-order valence-electron chi connectivity index (χ4n) is 3.01. The summed E-state index contributed by atoms with van der Waals surface area (Å²) in [7, 11) is 0. The van der Waals surface area contributed by atoms with Gasteiger partial charge in [-0.05, 0) is 19.1 Å². The van der Waals surface area contributed by atoms with Crippen LogP contribution in [0.4, 0.5) is 0 Å². The van der Waals surface area contributed by atoms with E-state index in [4.69, 9.17) is 9.15 Å². The van der Waals surface area contributed by atoms with Gasteiger partial charge in [-0.2, -0.15) is 5.10 Å². The molecule has 4 rings (SSSR count). The van der Waals surface area contributed by atoms with E-state index in [0.717, 1.165) is 30.9 Å². The fraction of sp³-hybridized carbons (Fsp3) is 0.389. The maximum Gasteiger partial charge on any atom is 0.226 e. The van der Waals surface area contributed by atoms with Crippen LogP contribution in [0, 0.1) is 6.92 Å². The number of benzene rings is 1. The summed E-state index contributed by atoms with van der Waals surface area (Å²) in [5.74, 6) is 0.669. The maximum atomic E-state index is 5.83. The number of hydrogen-bond acceptors (Lipinski definition) is 6. The first kappa shape index (κ1) is 16.0. The molecule has 0 aliphatic carbocycles. The molecule has 3 aromatic rings. The van der Waals surface area contributed by atoms with Crippen LogP contribution in [0.5, 0.6) is 0 Å². The monoisotopic (exact) mass is 339 g/mol. The Kier molecular flexibility index (Phi) is 4.58. The van der Waals surface area contributed by atoms with Crippen molar-refractivity contribution in [2.75, 3.05) is 19.7 Å². The number of aryl methyl sites for hydroxylation is 1. The van der Waals surface area contributed by atoms with E-state index in [0.29, 0.717) is 19.0 Å². The van der Waals surface area contributed by atoms with E-state index in [1.54, 1.807) is 23.6 Å². The van der Waals surface area contributed by atoms with Gasteiger partial charge in [0.1, 0.15) is 18.9 Å². The normalized spacial score (nSPS) is 18.5. The smallest absolute Gasteiger partial charge is 0.226 e. The van der Waals surface area contributed by atoms with E-state index in [1.807, 2.05) is 12.1 Å².